The average Bonchev–Trinajstić information content (AvgIpc) is 2.37. The number of carboxylic acids is 1. The molecule has 1 aromatic carbocycles. The van der Waals surface area contributed by atoms with Crippen molar-refractivity contribution in [3.63, 3.8) is 0 Å². The standard InChI is InChI=1S/C13H16ClFN2O2/c14-13-10(2-1-3-11(13)15)8-16-4-6-17(7-5-16)9-12(18)19/h1-3H,4-9H2,(H,18,19). The van der Waals surface area contributed by atoms with Gasteiger partial charge in [0, 0.05) is 32.7 Å². The van der Waals surface area contributed by atoms with Gasteiger partial charge in [-0.1, -0.05) is 23.7 Å². The summed E-state index contributed by atoms with van der Waals surface area (Å²) in [6.45, 7) is 3.62. The summed E-state index contributed by atoms with van der Waals surface area (Å²) >= 11 is 5.92. The smallest absolute Gasteiger partial charge is 0.317 e. The Morgan fingerprint density at radius 2 is 1.89 bits per heavy atom. The van der Waals surface area contributed by atoms with Crippen LogP contribution in [0.4, 0.5) is 4.39 Å². The summed E-state index contributed by atoms with van der Waals surface area (Å²) in [6, 6.07) is 4.81. The van der Waals surface area contributed by atoms with Crippen molar-refractivity contribution in [2.45, 2.75) is 6.54 Å². The molecular weight excluding hydrogens is 271 g/mol. The number of hydrogen-bond donors (Lipinski definition) is 1. The van der Waals surface area contributed by atoms with Gasteiger partial charge in [-0.25, -0.2) is 4.39 Å². The highest BCUT2D eigenvalue weighted by molar-refractivity contribution is 6.31. The molecule has 0 bridgehead atoms. The monoisotopic (exact) mass is 286 g/mol. The van der Waals surface area contributed by atoms with E-state index in [2.05, 4.69) is 4.90 Å². The average molecular weight is 287 g/mol. The van der Waals surface area contributed by atoms with E-state index in [9.17, 15) is 9.18 Å². The zero-order valence-electron chi connectivity index (χ0n) is 10.5. The summed E-state index contributed by atoms with van der Waals surface area (Å²) in [5, 5.41) is 8.90. The Morgan fingerprint density at radius 3 is 2.53 bits per heavy atom. The Kier molecular flexibility index (Phi) is 4.74. The van der Waals surface area contributed by atoms with Gasteiger partial charge in [-0.05, 0) is 11.6 Å². The van der Waals surface area contributed by atoms with Crippen LogP contribution >= 0.6 is 11.6 Å². The third-order valence-electron chi connectivity index (χ3n) is 3.25. The third kappa shape index (κ3) is 3.89. The largest absolute Gasteiger partial charge is 0.480 e. The Labute approximate surface area is 116 Å². The molecule has 1 heterocycles. The van der Waals surface area contributed by atoms with E-state index in [1.165, 1.54) is 6.07 Å². The van der Waals surface area contributed by atoms with Crippen LogP contribution in [0.25, 0.3) is 0 Å². The van der Waals surface area contributed by atoms with Crippen molar-refractivity contribution < 1.29 is 14.3 Å². The van der Waals surface area contributed by atoms with Gasteiger partial charge in [-0.15, -0.1) is 0 Å². The normalized spacial score (nSPS) is 17.6. The van der Waals surface area contributed by atoms with Crippen molar-refractivity contribution in [3.8, 4) is 0 Å². The molecule has 0 spiro atoms. The zero-order valence-corrected chi connectivity index (χ0v) is 11.2. The van der Waals surface area contributed by atoms with Gasteiger partial charge >= 0.3 is 5.97 Å². The van der Waals surface area contributed by atoms with Crippen LogP contribution in [-0.2, 0) is 11.3 Å². The molecule has 0 radical (unpaired) electrons. The van der Waals surface area contributed by atoms with Gasteiger partial charge in [-0.3, -0.25) is 14.6 Å². The van der Waals surface area contributed by atoms with Crippen molar-refractivity contribution in [2.75, 3.05) is 32.7 Å². The molecule has 1 N–H and O–H groups in total. The lowest BCUT2D eigenvalue weighted by molar-refractivity contribution is -0.138. The molecule has 104 valence electrons. The number of rotatable bonds is 4. The number of carboxylic acid groups (broad SMARTS) is 1. The molecule has 2 rings (SSSR count). The molecule has 0 saturated carbocycles. The molecule has 19 heavy (non-hydrogen) atoms. The highest BCUT2D eigenvalue weighted by Gasteiger charge is 2.19. The van der Waals surface area contributed by atoms with Gasteiger partial charge in [0.25, 0.3) is 0 Å². The number of hydrogen-bond acceptors (Lipinski definition) is 3. The number of piperazine rings is 1. The molecular formula is C13H16ClFN2O2. The first-order chi connectivity index (χ1) is 9.06. The Bertz CT molecular complexity index is 462. The van der Waals surface area contributed by atoms with Crippen LogP contribution in [0.2, 0.25) is 5.02 Å². The molecule has 0 amide bonds. The number of benzene rings is 1. The minimum Gasteiger partial charge on any atom is -0.480 e. The van der Waals surface area contributed by atoms with E-state index in [1.807, 2.05) is 11.0 Å². The van der Waals surface area contributed by atoms with Gasteiger partial charge in [0.2, 0.25) is 0 Å². The van der Waals surface area contributed by atoms with Gasteiger partial charge < -0.3 is 5.11 Å². The molecule has 4 nitrogen and oxygen atoms in total. The van der Waals surface area contributed by atoms with Crippen molar-refractivity contribution >= 4 is 17.6 Å². The van der Waals surface area contributed by atoms with Crippen LogP contribution in [-0.4, -0.2) is 53.6 Å². The summed E-state index contributed by atoms with van der Waals surface area (Å²) in [6.07, 6.45) is 0. The second kappa shape index (κ2) is 6.32. The molecule has 6 heteroatoms. The molecule has 0 aliphatic carbocycles. The van der Waals surface area contributed by atoms with Crippen molar-refractivity contribution in [1.82, 2.24) is 9.80 Å². The molecule has 1 saturated heterocycles. The van der Waals surface area contributed by atoms with Crippen molar-refractivity contribution in [1.29, 1.82) is 0 Å². The van der Waals surface area contributed by atoms with E-state index in [0.29, 0.717) is 19.6 Å². The topological polar surface area (TPSA) is 43.8 Å². The molecule has 1 aliphatic heterocycles. The minimum absolute atomic E-state index is 0.0779. The van der Waals surface area contributed by atoms with Crippen molar-refractivity contribution in [3.05, 3.63) is 34.6 Å². The highest BCUT2D eigenvalue weighted by Crippen LogP contribution is 2.21. The first kappa shape index (κ1) is 14.2. The lowest BCUT2D eigenvalue weighted by atomic mass is 10.2. The number of nitrogens with zero attached hydrogens (tertiary/aromatic N) is 2. The molecule has 1 fully saturated rings. The molecule has 1 aromatic rings. The summed E-state index contributed by atoms with van der Waals surface area (Å²) in [5.74, 6) is -1.20. The first-order valence-corrected chi connectivity index (χ1v) is 6.53. The van der Waals surface area contributed by atoms with E-state index in [0.717, 1.165) is 18.7 Å². The molecule has 0 atom stereocenters. The maximum atomic E-state index is 13.3. The first-order valence-electron chi connectivity index (χ1n) is 6.15. The predicted octanol–water partition coefficient (Wildman–Crippen LogP) is 1.68. The van der Waals surface area contributed by atoms with Crippen LogP contribution < -0.4 is 0 Å². The Hall–Kier alpha value is -1.17. The third-order valence-corrected chi connectivity index (χ3v) is 3.67. The minimum atomic E-state index is -0.804. The molecule has 0 unspecified atom stereocenters. The fourth-order valence-electron chi connectivity index (χ4n) is 2.21. The van der Waals surface area contributed by atoms with E-state index in [4.69, 9.17) is 16.7 Å². The number of carbonyl (C=O) groups is 1. The van der Waals surface area contributed by atoms with Crippen LogP contribution in [0.3, 0.4) is 0 Å². The lowest BCUT2D eigenvalue weighted by Gasteiger charge is -2.33. The van der Waals surface area contributed by atoms with Gasteiger partial charge in [0.15, 0.2) is 0 Å². The predicted molar refractivity (Wildman–Crippen MR) is 70.8 cm³/mol. The van der Waals surface area contributed by atoms with Crippen LogP contribution in [0, 0.1) is 5.82 Å². The Morgan fingerprint density at radius 1 is 1.26 bits per heavy atom. The fourth-order valence-corrected chi connectivity index (χ4v) is 2.39. The van der Waals surface area contributed by atoms with Gasteiger partial charge in [-0.2, -0.15) is 0 Å². The summed E-state index contributed by atoms with van der Waals surface area (Å²) in [5.41, 5.74) is 0.772. The summed E-state index contributed by atoms with van der Waals surface area (Å²) < 4.78 is 13.3. The number of aliphatic carboxylic acids is 1. The molecule has 0 aromatic heterocycles. The van der Waals surface area contributed by atoms with Crippen LogP contribution in [0.1, 0.15) is 5.56 Å². The van der Waals surface area contributed by atoms with Gasteiger partial charge in [0.05, 0.1) is 11.6 Å². The van der Waals surface area contributed by atoms with E-state index < -0.39 is 11.8 Å². The van der Waals surface area contributed by atoms with E-state index in [-0.39, 0.29) is 11.6 Å². The maximum absolute atomic E-state index is 13.3. The van der Waals surface area contributed by atoms with Crippen molar-refractivity contribution in [2.24, 2.45) is 0 Å². The van der Waals surface area contributed by atoms with Crippen LogP contribution in [0.5, 0.6) is 0 Å². The summed E-state index contributed by atoms with van der Waals surface area (Å²) in [7, 11) is 0. The second-order valence-electron chi connectivity index (χ2n) is 4.66. The van der Waals surface area contributed by atoms with E-state index >= 15 is 0 Å². The summed E-state index contributed by atoms with van der Waals surface area (Å²) in [4.78, 5) is 14.7. The number of halogens is 2. The SMILES string of the molecule is O=C(O)CN1CCN(Cc2cccc(F)c2Cl)CC1. The van der Waals surface area contributed by atoms with Crippen LogP contribution in [0.15, 0.2) is 18.2 Å². The second-order valence-corrected chi connectivity index (χ2v) is 5.04. The quantitative estimate of drug-likeness (QED) is 0.915. The van der Waals surface area contributed by atoms with E-state index in [1.54, 1.807) is 6.07 Å². The molecule has 1 aliphatic rings. The zero-order chi connectivity index (χ0) is 13.8. The highest BCUT2D eigenvalue weighted by atomic mass is 35.5. The fraction of sp³-hybridized carbons (Fsp3) is 0.462. The van der Waals surface area contributed by atoms with Gasteiger partial charge in [0.1, 0.15) is 5.82 Å². The maximum Gasteiger partial charge on any atom is 0.317 e. The lowest BCUT2D eigenvalue weighted by Crippen LogP contribution is -2.47. The Balaban J connectivity index is 1.89.